The van der Waals surface area contributed by atoms with Crippen molar-refractivity contribution in [3.05, 3.63) is 53.6 Å². The topological polar surface area (TPSA) is 71.7 Å². The van der Waals surface area contributed by atoms with Crippen molar-refractivity contribution in [3.63, 3.8) is 0 Å². The molecule has 3 fully saturated rings. The van der Waals surface area contributed by atoms with Gasteiger partial charge in [-0.2, -0.15) is 0 Å². The monoisotopic (exact) mass is 404 g/mol. The highest BCUT2D eigenvalue weighted by Gasteiger charge is 2.65. The van der Waals surface area contributed by atoms with Crippen molar-refractivity contribution in [2.75, 3.05) is 20.2 Å². The number of aromatic nitrogens is 2. The zero-order valence-electron chi connectivity index (χ0n) is 17.0. The van der Waals surface area contributed by atoms with Crippen LogP contribution in [0.25, 0.3) is 11.0 Å². The third-order valence-corrected chi connectivity index (χ3v) is 7.32. The van der Waals surface area contributed by atoms with E-state index >= 15 is 0 Å². The van der Waals surface area contributed by atoms with E-state index in [9.17, 15) is 4.79 Å². The Bertz CT molecular complexity index is 1110. The average Bonchev–Trinajstić information content (AvgIpc) is 3.51. The minimum Gasteiger partial charge on any atom is -0.497 e. The first kappa shape index (κ1) is 17.9. The summed E-state index contributed by atoms with van der Waals surface area (Å²) in [6.07, 6.45) is 3.03. The van der Waals surface area contributed by atoms with Crippen molar-refractivity contribution >= 4 is 16.9 Å². The van der Waals surface area contributed by atoms with Gasteiger partial charge < -0.3 is 9.64 Å². The van der Waals surface area contributed by atoms with E-state index in [0.717, 1.165) is 54.7 Å². The fraction of sp³-hybridized carbons (Fsp3) is 0.435. The molecule has 154 valence electrons. The van der Waals surface area contributed by atoms with Crippen LogP contribution in [0, 0.1) is 5.92 Å². The highest BCUT2D eigenvalue weighted by atomic mass is 16.6. The van der Waals surface area contributed by atoms with E-state index in [4.69, 9.17) is 9.37 Å². The molecule has 6 rings (SSSR count). The maximum absolute atomic E-state index is 13.7. The number of ether oxygens (including phenoxy) is 1. The SMILES string of the molecule is COc1ccc(CN2C[C@@H]3C[C@@H](c4ccc5nonc5c4)N4CCC[C@@]34C2=O)cc1. The number of carbonyl (C=O) groups is 1. The van der Waals surface area contributed by atoms with Gasteiger partial charge in [0.1, 0.15) is 22.3 Å². The first-order valence-electron chi connectivity index (χ1n) is 10.6. The van der Waals surface area contributed by atoms with Crippen LogP contribution in [-0.4, -0.2) is 51.8 Å². The number of methoxy groups -OCH3 is 1. The maximum atomic E-state index is 13.7. The van der Waals surface area contributed by atoms with Crippen LogP contribution in [-0.2, 0) is 11.3 Å². The molecule has 0 bridgehead atoms. The highest BCUT2D eigenvalue weighted by Crippen LogP contribution is 2.56. The van der Waals surface area contributed by atoms with Gasteiger partial charge in [-0.3, -0.25) is 9.69 Å². The van der Waals surface area contributed by atoms with Crippen LogP contribution >= 0.6 is 0 Å². The summed E-state index contributed by atoms with van der Waals surface area (Å²) in [5.74, 6) is 1.50. The van der Waals surface area contributed by atoms with Crippen LogP contribution in [0.1, 0.15) is 36.4 Å². The molecule has 3 aliphatic heterocycles. The molecule has 1 amide bonds. The second-order valence-corrected chi connectivity index (χ2v) is 8.72. The van der Waals surface area contributed by atoms with Crippen molar-refractivity contribution in [2.45, 2.75) is 37.4 Å². The zero-order chi connectivity index (χ0) is 20.3. The van der Waals surface area contributed by atoms with Gasteiger partial charge in [0.2, 0.25) is 5.91 Å². The smallest absolute Gasteiger partial charge is 0.243 e. The number of likely N-dealkylation sites (tertiary alicyclic amines) is 1. The molecule has 4 heterocycles. The Morgan fingerprint density at radius 1 is 1.17 bits per heavy atom. The van der Waals surface area contributed by atoms with Crippen LogP contribution in [0.2, 0.25) is 0 Å². The van der Waals surface area contributed by atoms with Gasteiger partial charge in [0, 0.05) is 25.0 Å². The molecule has 0 saturated carbocycles. The molecule has 7 nitrogen and oxygen atoms in total. The lowest BCUT2D eigenvalue weighted by atomic mass is 9.85. The summed E-state index contributed by atoms with van der Waals surface area (Å²) in [4.78, 5) is 18.2. The lowest BCUT2D eigenvalue weighted by molar-refractivity contribution is -0.137. The molecule has 3 atom stereocenters. The first-order chi connectivity index (χ1) is 14.7. The highest BCUT2D eigenvalue weighted by molar-refractivity contribution is 5.90. The Morgan fingerprint density at radius 2 is 2.00 bits per heavy atom. The second-order valence-electron chi connectivity index (χ2n) is 8.72. The Balaban J connectivity index is 1.27. The summed E-state index contributed by atoms with van der Waals surface area (Å²) in [5.41, 5.74) is 3.57. The summed E-state index contributed by atoms with van der Waals surface area (Å²) in [6.45, 7) is 2.46. The minimum atomic E-state index is -0.339. The zero-order valence-corrected chi connectivity index (χ0v) is 17.0. The predicted molar refractivity (Wildman–Crippen MR) is 110 cm³/mol. The molecule has 1 aromatic heterocycles. The van der Waals surface area contributed by atoms with E-state index in [2.05, 4.69) is 32.2 Å². The molecular weight excluding hydrogens is 380 g/mol. The molecule has 1 spiro atoms. The lowest BCUT2D eigenvalue weighted by Crippen LogP contribution is -2.49. The average molecular weight is 404 g/mol. The molecule has 7 heteroatoms. The second kappa shape index (κ2) is 6.54. The molecule has 3 saturated heterocycles. The third-order valence-electron chi connectivity index (χ3n) is 7.32. The van der Waals surface area contributed by atoms with Crippen LogP contribution in [0.3, 0.4) is 0 Å². The first-order valence-corrected chi connectivity index (χ1v) is 10.6. The molecule has 3 aliphatic rings. The summed E-state index contributed by atoms with van der Waals surface area (Å²) in [6, 6.07) is 14.4. The summed E-state index contributed by atoms with van der Waals surface area (Å²) >= 11 is 0. The van der Waals surface area contributed by atoms with Gasteiger partial charge in [-0.15, -0.1) is 0 Å². The molecule has 0 unspecified atom stereocenters. The number of hydrogen-bond acceptors (Lipinski definition) is 6. The molecule has 0 N–H and O–H groups in total. The van der Waals surface area contributed by atoms with Crippen LogP contribution in [0.5, 0.6) is 5.75 Å². The van der Waals surface area contributed by atoms with Gasteiger partial charge >= 0.3 is 0 Å². The number of benzene rings is 2. The number of carbonyl (C=O) groups excluding carboxylic acids is 1. The number of amides is 1. The third kappa shape index (κ3) is 2.45. The van der Waals surface area contributed by atoms with Crippen LogP contribution < -0.4 is 4.74 Å². The number of nitrogens with zero attached hydrogens (tertiary/aromatic N) is 4. The summed E-state index contributed by atoms with van der Waals surface area (Å²) in [7, 11) is 1.67. The Labute approximate surface area is 174 Å². The maximum Gasteiger partial charge on any atom is 0.243 e. The summed E-state index contributed by atoms with van der Waals surface area (Å²) < 4.78 is 10.1. The molecule has 30 heavy (non-hydrogen) atoms. The molecule has 3 aromatic rings. The Hall–Kier alpha value is -2.93. The van der Waals surface area contributed by atoms with Gasteiger partial charge in [0.15, 0.2) is 0 Å². The Morgan fingerprint density at radius 3 is 2.83 bits per heavy atom. The van der Waals surface area contributed by atoms with Crippen molar-refractivity contribution in [2.24, 2.45) is 5.92 Å². The van der Waals surface area contributed by atoms with Gasteiger partial charge in [-0.05, 0) is 71.5 Å². The van der Waals surface area contributed by atoms with Crippen molar-refractivity contribution in [1.82, 2.24) is 20.1 Å². The number of fused-ring (bicyclic) bond motifs is 1. The van der Waals surface area contributed by atoms with E-state index in [0.29, 0.717) is 18.4 Å². The van der Waals surface area contributed by atoms with Crippen LogP contribution in [0.15, 0.2) is 47.1 Å². The largest absolute Gasteiger partial charge is 0.497 e. The van der Waals surface area contributed by atoms with Gasteiger partial charge in [0.25, 0.3) is 0 Å². The molecule has 0 radical (unpaired) electrons. The number of rotatable bonds is 4. The lowest BCUT2D eigenvalue weighted by Gasteiger charge is -2.33. The van der Waals surface area contributed by atoms with E-state index < -0.39 is 0 Å². The van der Waals surface area contributed by atoms with Crippen molar-refractivity contribution in [1.29, 1.82) is 0 Å². The minimum absolute atomic E-state index is 0.255. The normalized spacial score (nSPS) is 28.3. The quantitative estimate of drug-likeness (QED) is 0.665. The summed E-state index contributed by atoms with van der Waals surface area (Å²) in [5, 5.41) is 7.92. The fourth-order valence-electron chi connectivity index (χ4n) is 5.99. The van der Waals surface area contributed by atoms with Crippen molar-refractivity contribution < 1.29 is 14.2 Å². The van der Waals surface area contributed by atoms with Crippen molar-refractivity contribution in [3.8, 4) is 5.75 Å². The molecular formula is C23H24N4O3. The van der Waals surface area contributed by atoms with E-state index in [1.165, 1.54) is 5.56 Å². The molecule has 2 aromatic carbocycles. The van der Waals surface area contributed by atoms with Gasteiger partial charge in [0.05, 0.1) is 7.11 Å². The van der Waals surface area contributed by atoms with Crippen LogP contribution in [0.4, 0.5) is 0 Å². The van der Waals surface area contributed by atoms with E-state index in [1.54, 1.807) is 7.11 Å². The number of hydrogen-bond donors (Lipinski definition) is 0. The van der Waals surface area contributed by atoms with E-state index in [-0.39, 0.29) is 11.6 Å². The van der Waals surface area contributed by atoms with Gasteiger partial charge in [-0.25, -0.2) is 4.63 Å². The van der Waals surface area contributed by atoms with Gasteiger partial charge in [-0.1, -0.05) is 18.2 Å². The van der Waals surface area contributed by atoms with E-state index in [1.807, 2.05) is 30.3 Å². The standard InChI is InChI=1S/C23H24N4O3/c1-29-18-6-3-15(4-7-18)13-26-14-17-12-21(27-10-2-9-23(17,27)22(26)28)16-5-8-19-20(11-16)25-30-24-19/h3-8,11,17,21H,2,9-10,12-14H2,1H3/t17-,21-,23-/m0/s1. The fourth-order valence-corrected chi connectivity index (χ4v) is 5.99. The molecule has 0 aliphatic carbocycles. The Kier molecular flexibility index (Phi) is 3.90. The predicted octanol–water partition coefficient (Wildman–Crippen LogP) is 3.17.